The number of amides is 2. The number of hydrogen-bond donors (Lipinski definition) is 1. The molecule has 0 spiro atoms. The molecule has 4 aromatic heterocycles. The van der Waals surface area contributed by atoms with Crippen LogP contribution in [0.2, 0.25) is 0 Å². The second-order valence-electron chi connectivity index (χ2n) is 12.0. The van der Waals surface area contributed by atoms with Gasteiger partial charge in [-0.15, -0.1) is 0 Å². The van der Waals surface area contributed by atoms with Gasteiger partial charge in [0.2, 0.25) is 11.9 Å². The van der Waals surface area contributed by atoms with E-state index in [0.717, 1.165) is 47.8 Å². The summed E-state index contributed by atoms with van der Waals surface area (Å²) >= 11 is 0. The Morgan fingerprint density at radius 1 is 0.909 bits per heavy atom. The van der Waals surface area contributed by atoms with E-state index in [0.29, 0.717) is 37.9 Å². The lowest BCUT2D eigenvalue weighted by Crippen LogP contribution is -2.48. The molecule has 0 radical (unpaired) electrons. The van der Waals surface area contributed by atoms with Gasteiger partial charge in [-0.1, -0.05) is 6.08 Å². The standard InChI is InChI=1S/C32H37N9O3/c1-22(42)38-15-17-39(18-16-38)25-6-7-28(34-19-25)37-30-33-12-9-26(36-30)27-20-35-29-8-5-24(21-41(27)29)23-10-13-40(14-11-23)31(43)44-32(2,3)4/h5-10,12,19-21H,11,13-18H2,1-4H3,(H,33,34,36,37). The molecule has 12 heteroatoms. The van der Waals surface area contributed by atoms with Crippen molar-refractivity contribution < 1.29 is 14.3 Å². The summed E-state index contributed by atoms with van der Waals surface area (Å²) in [5.74, 6) is 1.18. The van der Waals surface area contributed by atoms with Crippen LogP contribution in [0.15, 0.2) is 61.2 Å². The fraction of sp³-hybridized carbons (Fsp3) is 0.375. The van der Waals surface area contributed by atoms with Gasteiger partial charge in [0.1, 0.15) is 17.1 Å². The van der Waals surface area contributed by atoms with Gasteiger partial charge in [-0.2, -0.15) is 0 Å². The third-order valence-electron chi connectivity index (χ3n) is 7.73. The number of ether oxygens (including phenoxy) is 1. The van der Waals surface area contributed by atoms with E-state index in [-0.39, 0.29) is 12.0 Å². The van der Waals surface area contributed by atoms with Crippen molar-refractivity contribution >= 4 is 40.7 Å². The first-order valence-electron chi connectivity index (χ1n) is 14.8. The lowest BCUT2D eigenvalue weighted by Gasteiger charge is -2.35. The Kier molecular flexibility index (Phi) is 7.90. The van der Waals surface area contributed by atoms with Gasteiger partial charge >= 0.3 is 6.09 Å². The number of piperazine rings is 1. The van der Waals surface area contributed by atoms with Gasteiger partial charge in [0.05, 0.1) is 29.5 Å². The third kappa shape index (κ3) is 6.48. The minimum absolute atomic E-state index is 0.115. The number of carbonyl (C=O) groups is 2. The average Bonchev–Trinajstić information content (AvgIpc) is 3.44. The van der Waals surface area contributed by atoms with E-state index < -0.39 is 5.60 Å². The summed E-state index contributed by atoms with van der Waals surface area (Å²) in [5, 5.41) is 3.21. The molecule has 0 atom stereocenters. The van der Waals surface area contributed by atoms with Crippen LogP contribution in [0.5, 0.6) is 0 Å². The predicted octanol–water partition coefficient (Wildman–Crippen LogP) is 4.62. The first kappa shape index (κ1) is 29.1. The lowest BCUT2D eigenvalue weighted by atomic mass is 10.0. The molecule has 4 aromatic rings. The first-order valence-corrected chi connectivity index (χ1v) is 14.8. The van der Waals surface area contributed by atoms with Crippen molar-refractivity contribution in [3.63, 3.8) is 0 Å². The molecule has 44 heavy (non-hydrogen) atoms. The molecule has 12 nitrogen and oxygen atoms in total. The monoisotopic (exact) mass is 595 g/mol. The molecule has 0 unspecified atom stereocenters. The molecule has 0 aliphatic carbocycles. The van der Waals surface area contributed by atoms with Crippen molar-refractivity contribution in [1.82, 2.24) is 34.1 Å². The molecule has 228 valence electrons. The second kappa shape index (κ2) is 11.9. The average molecular weight is 596 g/mol. The molecule has 0 saturated carbocycles. The molecule has 1 saturated heterocycles. The van der Waals surface area contributed by atoms with E-state index in [9.17, 15) is 9.59 Å². The Morgan fingerprint density at radius 3 is 2.41 bits per heavy atom. The van der Waals surface area contributed by atoms with Crippen LogP contribution >= 0.6 is 0 Å². The van der Waals surface area contributed by atoms with Gasteiger partial charge < -0.3 is 24.8 Å². The Hall–Kier alpha value is -5.00. The number of hydrogen-bond acceptors (Lipinski definition) is 9. The fourth-order valence-electron chi connectivity index (χ4n) is 5.39. The number of carbonyl (C=O) groups excluding carboxylic acids is 2. The van der Waals surface area contributed by atoms with Gasteiger partial charge in [0.15, 0.2) is 0 Å². The maximum atomic E-state index is 12.5. The molecule has 1 N–H and O–H groups in total. The van der Waals surface area contributed by atoms with E-state index >= 15 is 0 Å². The van der Waals surface area contributed by atoms with Gasteiger partial charge in [-0.25, -0.2) is 24.7 Å². The molecule has 1 fully saturated rings. The minimum atomic E-state index is -0.518. The molecule has 6 heterocycles. The molecule has 6 rings (SSSR count). The zero-order valence-electron chi connectivity index (χ0n) is 25.5. The van der Waals surface area contributed by atoms with Crippen LogP contribution in [-0.4, -0.2) is 91.0 Å². The van der Waals surface area contributed by atoms with E-state index in [1.165, 1.54) is 5.57 Å². The number of anilines is 3. The molecule has 2 aliphatic heterocycles. The summed E-state index contributed by atoms with van der Waals surface area (Å²) in [5.41, 5.74) is 5.11. The Bertz CT molecular complexity index is 1700. The summed E-state index contributed by atoms with van der Waals surface area (Å²) in [4.78, 5) is 48.2. The number of pyridine rings is 2. The Morgan fingerprint density at radius 2 is 1.73 bits per heavy atom. The number of rotatable bonds is 5. The third-order valence-corrected chi connectivity index (χ3v) is 7.73. The van der Waals surface area contributed by atoms with Crippen LogP contribution in [0.4, 0.5) is 22.2 Å². The smallest absolute Gasteiger partial charge is 0.410 e. The predicted molar refractivity (Wildman–Crippen MR) is 169 cm³/mol. The van der Waals surface area contributed by atoms with Crippen molar-refractivity contribution in [2.75, 3.05) is 49.5 Å². The molecule has 2 amide bonds. The highest BCUT2D eigenvalue weighted by Gasteiger charge is 2.24. The van der Waals surface area contributed by atoms with Crippen molar-refractivity contribution in [3.05, 3.63) is 66.8 Å². The van der Waals surface area contributed by atoms with Crippen molar-refractivity contribution in [2.24, 2.45) is 0 Å². The quantitative estimate of drug-likeness (QED) is 0.352. The summed E-state index contributed by atoms with van der Waals surface area (Å²) in [6, 6.07) is 9.84. The number of imidazole rings is 1. The Labute approximate surface area is 256 Å². The van der Waals surface area contributed by atoms with Crippen LogP contribution in [-0.2, 0) is 9.53 Å². The van der Waals surface area contributed by atoms with Crippen LogP contribution in [0.1, 0.15) is 39.7 Å². The maximum absolute atomic E-state index is 12.5. The fourth-order valence-corrected chi connectivity index (χ4v) is 5.39. The van der Waals surface area contributed by atoms with Crippen LogP contribution < -0.4 is 10.2 Å². The number of fused-ring (bicyclic) bond motifs is 1. The van der Waals surface area contributed by atoms with E-state index in [2.05, 4.69) is 43.5 Å². The summed E-state index contributed by atoms with van der Waals surface area (Å²) in [6.07, 6.45) is 9.95. The van der Waals surface area contributed by atoms with E-state index in [1.807, 2.05) is 66.7 Å². The highest BCUT2D eigenvalue weighted by molar-refractivity contribution is 5.74. The summed E-state index contributed by atoms with van der Waals surface area (Å²) in [7, 11) is 0. The maximum Gasteiger partial charge on any atom is 0.410 e. The molecule has 2 aliphatic rings. The number of aromatic nitrogens is 5. The zero-order chi connectivity index (χ0) is 30.8. The molecule has 0 bridgehead atoms. The summed E-state index contributed by atoms with van der Waals surface area (Å²) < 4.78 is 7.56. The van der Waals surface area contributed by atoms with Crippen LogP contribution in [0.3, 0.4) is 0 Å². The number of nitrogens with one attached hydrogen (secondary N) is 1. The normalized spacial score (nSPS) is 15.7. The van der Waals surface area contributed by atoms with Crippen molar-refractivity contribution in [3.8, 4) is 11.4 Å². The molecular formula is C32H37N9O3. The van der Waals surface area contributed by atoms with Crippen molar-refractivity contribution in [2.45, 2.75) is 39.7 Å². The van der Waals surface area contributed by atoms with Crippen LogP contribution in [0.25, 0.3) is 22.6 Å². The van der Waals surface area contributed by atoms with E-state index in [4.69, 9.17) is 9.72 Å². The largest absolute Gasteiger partial charge is 0.444 e. The van der Waals surface area contributed by atoms with Gasteiger partial charge in [-0.3, -0.25) is 9.20 Å². The van der Waals surface area contributed by atoms with Crippen LogP contribution in [0, 0.1) is 0 Å². The van der Waals surface area contributed by atoms with E-state index in [1.54, 1.807) is 18.0 Å². The van der Waals surface area contributed by atoms with Gasteiger partial charge in [-0.05, 0) is 68.7 Å². The molecule has 0 aromatic carbocycles. The number of nitrogens with zero attached hydrogens (tertiary/aromatic N) is 8. The highest BCUT2D eigenvalue weighted by atomic mass is 16.6. The van der Waals surface area contributed by atoms with Gasteiger partial charge in [0, 0.05) is 58.6 Å². The topological polar surface area (TPSA) is 121 Å². The minimum Gasteiger partial charge on any atom is -0.444 e. The zero-order valence-corrected chi connectivity index (χ0v) is 25.5. The second-order valence-corrected chi connectivity index (χ2v) is 12.0. The SMILES string of the molecule is CC(=O)N1CCN(c2ccc(Nc3nccc(-c4cnc5ccc(C6=CCN(C(=O)OC(C)(C)C)CC6)cn45)n3)nc2)CC1. The first-order chi connectivity index (χ1) is 21.1. The lowest BCUT2D eigenvalue weighted by molar-refractivity contribution is -0.129. The highest BCUT2D eigenvalue weighted by Crippen LogP contribution is 2.27. The molecular weight excluding hydrogens is 558 g/mol. The van der Waals surface area contributed by atoms with Gasteiger partial charge in [0.25, 0.3) is 0 Å². The Balaban J connectivity index is 1.15. The van der Waals surface area contributed by atoms with Crippen molar-refractivity contribution in [1.29, 1.82) is 0 Å². The summed E-state index contributed by atoms with van der Waals surface area (Å²) in [6.45, 7) is 11.3.